The predicted molar refractivity (Wildman–Crippen MR) is 81.5 cm³/mol. The molecule has 100 valence electrons. The Bertz CT molecular complexity index is 636. The van der Waals surface area contributed by atoms with Crippen LogP contribution in [0.2, 0.25) is 0 Å². The summed E-state index contributed by atoms with van der Waals surface area (Å²) in [5.41, 5.74) is 11.4. The molecule has 0 unspecified atom stereocenters. The lowest BCUT2D eigenvalue weighted by Gasteiger charge is -2.23. The standard InChI is InChI=1S/C17H22N2/c1-17(2,3)14-10-12-9-8-11-6-4-5-7-13(11)15(12)19-16(14)18/h8-10H,4-7H2,1-3H3,(H2,18,19). The van der Waals surface area contributed by atoms with Gasteiger partial charge in [0, 0.05) is 10.9 Å². The third-order valence-corrected chi connectivity index (χ3v) is 4.15. The molecule has 2 heteroatoms. The second-order valence-electron chi connectivity index (χ2n) is 6.65. The molecule has 0 aliphatic heterocycles. The van der Waals surface area contributed by atoms with Crippen LogP contribution in [0.1, 0.15) is 50.3 Å². The highest BCUT2D eigenvalue weighted by atomic mass is 14.8. The quantitative estimate of drug-likeness (QED) is 0.772. The lowest BCUT2D eigenvalue weighted by molar-refractivity contribution is 0.591. The van der Waals surface area contributed by atoms with E-state index in [0.29, 0.717) is 5.82 Å². The highest BCUT2D eigenvalue weighted by Gasteiger charge is 2.20. The van der Waals surface area contributed by atoms with Crippen LogP contribution in [0.4, 0.5) is 5.82 Å². The molecule has 0 saturated heterocycles. The van der Waals surface area contributed by atoms with Gasteiger partial charge >= 0.3 is 0 Å². The zero-order chi connectivity index (χ0) is 13.6. The van der Waals surface area contributed by atoms with Gasteiger partial charge in [0.15, 0.2) is 0 Å². The zero-order valence-corrected chi connectivity index (χ0v) is 12.1. The van der Waals surface area contributed by atoms with E-state index in [1.54, 1.807) is 0 Å². The summed E-state index contributed by atoms with van der Waals surface area (Å²) in [7, 11) is 0. The second kappa shape index (κ2) is 4.22. The van der Waals surface area contributed by atoms with Gasteiger partial charge in [-0.3, -0.25) is 0 Å². The summed E-state index contributed by atoms with van der Waals surface area (Å²) in [5, 5.41) is 1.24. The first-order chi connectivity index (χ1) is 8.97. The molecule has 0 amide bonds. The molecule has 2 nitrogen and oxygen atoms in total. The molecule has 0 radical (unpaired) electrons. The molecular formula is C17H22N2. The van der Waals surface area contributed by atoms with Crippen LogP contribution in [0.3, 0.4) is 0 Å². The first-order valence-electron chi connectivity index (χ1n) is 7.18. The normalized spacial score (nSPS) is 15.5. The minimum atomic E-state index is 0.0428. The summed E-state index contributed by atoms with van der Waals surface area (Å²) in [6.45, 7) is 6.56. The Balaban J connectivity index is 2.27. The highest BCUT2D eigenvalue weighted by Crippen LogP contribution is 2.33. The molecule has 19 heavy (non-hydrogen) atoms. The second-order valence-corrected chi connectivity index (χ2v) is 6.65. The van der Waals surface area contributed by atoms with E-state index < -0.39 is 0 Å². The van der Waals surface area contributed by atoms with Crippen molar-refractivity contribution in [3.63, 3.8) is 0 Å². The smallest absolute Gasteiger partial charge is 0.127 e. The van der Waals surface area contributed by atoms with E-state index in [0.717, 1.165) is 17.5 Å². The number of hydrogen-bond donors (Lipinski definition) is 1. The van der Waals surface area contributed by atoms with Crippen molar-refractivity contribution in [1.29, 1.82) is 0 Å². The minimum absolute atomic E-state index is 0.0428. The van der Waals surface area contributed by atoms with Crippen molar-refractivity contribution in [3.05, 3.63) is 34.9 Å². The zero-order valence-electron chi connectivity index (χ0n) is 12.1. The highest BCUT2D eigenvalue weighted by molar-refractivity contribution is 5.86. The van der Waals surface area contributed by atoms with Gasteiger partial charge in [-0.2, -0.15) is 0 Å². The number of nitrogens with zero attached hydrogens (tertiary/aromatic N) is 1. The van der Waals surface area contributed by atoms with E-state index in [1.165, 1.54) is 35.8 Å². The number of fused-ring (bicyclic) bond motifs is 3. The van der Waals surface area contributed by atoms with Crippen LogP contribution in [0.15, 0.2) is 18.2 Å². The molecule has 0 saturated carbocycles. The third-order valence-electron chi connectivity index (χ3n) is 4.15. The van der Waals surface area contributed by atoms with Gasteiger partial charge in [0.1, 0.15) is 5.82 Å². The van der Waals surface area contributed by atoms with Gasteiger partial charge in [0.2, 0.25) is 0 Å². The maximum atomic E-state index is 6.19. The number of aromatic nitrogens is 1. The summed E-state index contributed by atoms with van der Waals surface area (Å²) in [6, 6.07) is 6.72. The fraction of sp³-hybridized carbons (Fsp3) is 0.471. The first-order valence-corrected chi connectivity index (χ1v) is 7.18. The molecule has 1 aliphatic rings. The summed E-state index contributed by atoms with van der Waals surface area (Å²) in [5.74, 6) is 0.693. The average Bonchev–Trinajstić information content (AvgIpc) is 2.36. The maximum Gasteiger partial charge on any atom is 0.127 e. The molecule has 3 rings (SSSR count). The molecule has 1 aromatic carbocycles. The van der Waals surface area contributed by atoms with Crippen molar-refractivity contribution in [2.45, 2.75) is 51.9 Å². The number of nitrogen functional groups attached to an aromatic ring is 1. The number of benzene rings is 1. The van der Waals surface area contributed by atoms with Gasteiger partial charge in [0.25, 0.3) is 0 Å². The lowest BCUT2D eigenvalue weighted by atomic mass is 9.85. The predicted octanol–water partition coefficient (Wildman–Crippen LogP) is 3.99. The number of nitrogens with two attached hydrogens (primary N) is 1. The van der Waals surface area contributed by atoms with Crippen LogP contribution in [0.5, 0.6) is 0 Å². The maximum absolute atomic E-state index is 6.19. The van der Waals surface area contributed by atoms with Crippen LogP contribution >= 0.6 is 0 Å². The molecule has 1 heterocycles. The summed E-state index contributed by atoms with van der Waals surface area (Å²) in [6.07, 6.45) is 4.91. The van der Waals surface area contributed by atoms with Gasteiger partial charge in [-0.05, 0) is 48.3 Å². The Kier molecular flexibility index (Phi) is 2.77. The summed E-state index contributed by atoms with van der Waals surface area (Å²) in [4.78, 5) is 4.73. The van der Waals surface area contributed by atoms with Gasteiger partial charge in [0.05, 0.1) is 5.52 Å². The fourth-order valence-corrected chi connectivity index (χ4v) is 3.09. The Morgan fingerprint density at radius 3 is 2.58 bits per heavy atom. The molecule has 1 aromatic heterocycles. The van der Waals surface area contributed by atoms with Crippen molar-refractivity contribution in [3.8, 4) is 0 Å². The minimum Gasteiger partial charge on any atom is -0.383 e. The third kappa shape index (κ3) is 2.09. The summed E-state index contributed by atoms with van der Waals surface area (Å²) < 4.78 is 0. The number of rotatable bonds is 0. The Morgan fingerprint density at radius 2 is 1.84 bits per heavy atom. The van der Waals surface area contributed by atoms with Crippen LogP contribution in [-0.4, -0.2) is 4.98 Å². The Labute approximate surface area is 115 Å². The van der Waals surface area contributed by atoms with Gasteiger partial charge in [-0.15, -0.1) is 0 Å². The van der Waals surface area contributed by atoms with E-state index in [1.807, 2.05) is 0 Å². The first kappa shape index (κ1) is 12.5. The topological polar surface area (TPSA) is 38.9 Å². The van der Waals surface area contributed by atoms with Crippen LogP contribution in [0, 0.1) is 0 Å². The van der Waals surface area contributed by atoms with E-state index in [4.69, 9.17) is 10.7 Å². The molecule has 2 aromatic rings. The number of anilines is 1. The van der Waals surface area contributed by atoms with Crippen molar-refractivity contribution in [2.24, 2.45) is 0 Å². The van der Waals surface area contributed by atoms with E-state index in [2.05, 4.69) is 39.0 Å². The van der Waals surface area contributed by atoms with E-state index >= 15 is 0 Å². The Morgan fingerprint density at radius 1 is 1.11 bits per heavy atom. The molecule has 1 aliphatic carbocycles. The van der Waals surface area contributed by atoms with Gasteiger partial charge < -0.3 is 5.73 Å². The van der Waals surface area contributed by atoms with Crippen molar-refractivity contribution >= 4 is 16.7 Å². The molecule has 0 fully saturated rings. The number of hydrogen-bond acceptors (Lipinski definition) is 2. The van der Waals surface area contributed by atoms with Crippen molar-refractivity contribution in [1.82, 2.24) is 4.98 Å². The molecular weight excluding hydrogens is 232 g/mol. The fourth-order valence-electron chi connectivity index (χ4n) is 3.09. The largest absolute Gasteiger partial charge is 0.383 e. The molecule has 0 spiro atoms. The van der Waals surface area contributed by atoms with Gasteiger partial charge in [-0.25, -0.2) is 4.98 Å². The average molecular weight is 254 g/mol. The number of aryl methyl sites for hydroxylation is 2. The van der Waals surface area contributed by atoms with Crippen LogP contribution in [0.25, 0.3) is 10.9 Å². The lowest BCUT2D eigenvalue weighted by Crippen LogP contribution is -2.15. The Hall–Kier alpha value is -1.57. The van der Waals surface area contributed by atoms with E-state index in [9.17, 15) is 0 Å². The van der Waals surface area contributed by atoms with E-state index in [-0.39, 0.29) is 5.41 Å². The molecule has 0 atom stereocenters. The summed E-state index contributed by atoms with van der Waals surface area (Å²) >= 11 is 0. The van der Waals surface area contributed by atoms with Crippen LogP contribution < -0.4 is 5.73 Å². The van der Waals surface area contributed by atoms with Gasteiger partial charge in [-0.1, -0.05) is 32.9 Å². The molecule has 0 bridgehead atoms. The van der Waals surface area contributed by atoms with Crippen LogP contribution in [-0.2, 0) is 18.3 Å². The van der Waals surface area contributed by atoms with Crippen molar-refractivity contribution in [2.75, 3.05) is 5.73 Å². The monoisotopic (exact) mass is 254 g/mol. The van der Waals surface area contributed by atoms with Crippen molar-refractivity contribution < 1.29 is 0 Å². The molecule has 2 N–H and O–H groups in total. The number of pyridine rings is 1. The SMILES string of the molecule is CC(C)(C)c1cc2ccc3c(c2nc1N)CCCC3.